The number of esters is 4. The van der Waals surface area contributed by atoms with Crippen molar-refractivity contribution in [1.29, 1.82) is 0 Å². The number of hydrogen-bond donors (Lipinski definition) is 1. The van der Waals surface area contributed by atoms with Crippen LogP contribution in [0.25, 0.3) is 0 Å². The van der Waals surface area contributed by atoms with Gasteiger partial charge in [0.05, 0.1) is 5.92 Å². The molecule has 0 aliphatic carbocycles. The van der Waals surface area contributed by atoms with E-state index >= 15 is 0 Å². The Morgan fingerprint density at radius 2 is 1.17 bits per heavy atom. The lowest BCUT2D eigenvalue weighted by atomic mass is 10.2. The summed E-state index contributed by atoms with van der Waals surface area (Å²) >= 11 is 0. The second kappa shape index (κ2) is 17.9. The lowest BCUT2D eigenvalue weighted by molar-refractivity contribution is -0.168. The van der Waals surface area contributed by atoms with Crippen molar-refractivity contribution >= 4 is 36.3 Å². The van der Waals surface area contributed by atoms with Crippen molar-refractivity contribution in [2.45, 2.75) is 53.1 Å². The summed E-state index contributed by atoms with van der Waals surface area (Å²) in [5.41, 5.74) is 7.09. The first-order valence-electron chi connectivity index (χ1n) is 11.1. The van der Waals surface area contributed by atoms with Crippen molar-refractivity contribution in [2.75, 3.05) is 6.61 Å². The Bertz CT molecular complexity index is 935. The molecule has 2 aromatic carbocycles. The fourth-order valence-corrected chi connectivity index (χ4v) is 2.25. The molecule has 0 aliphatic rings. The Hall–Kier alpha value is -3.43. The molecule has 0 radical (unpaired) electrons. The number of ether oxygens (including phenoxy) is 4. The maximum atomic E-state index is 11.5. The van der Waals surface area contributed by atoms with Crippen LogP contribution in [0.2, 0.25) is 0 Å². The molecule has 0 aromatic heterocycles. The third-order valence-corrected chi connectivity index (χ3v) is 4.27. The number of hydrogen-bond acceptors (Lipinski definition) is 9. The van der Waals surface area contributed by atoms with E-state index in [2.05, 4.69) is 0 Å². The summed E-state index contributed by atoms with van der Waals surface area (Å²) in [6.07, 6.45) is -0.952. The van der Waals surface area contributed by atoms with Crippen LogP contribution < -0.4 is 5.73 Å². The van der Waals surface area contributed by atoms with Crippen LogP contribution in [-0.2, 0) is 51.3 Å². The van der Waals surface area contributed by atoms with E-state index < -0.39 is 36.0 Å². The first-order chi connectivity index (χ1) is 16.6. The van der Waals surface area contributed by atoms with Crippen molar-refractivity contribution in [3.8, 4) is 0 Å². The van der Waals surface area contributed by atoms with Gasteiger partial charge in [0.25, 0.3) is 0 Å². The van der Waals surface area contributed by atoms with Gasteiger partial charge in [-0.15, -0.1) is 12.4 Å². The summed E-state index contributed by atoms with van der Waals surface area (Å²) in [6.45, 7) is 6.37. The Kier molecular flexibility index (Phi) is 16.2. The van der Waals surface area contributed by atoms with E-state index in [4.69, 9.17) is 24.7 Å². The van der Waals surface area contributed by atoms with Crippen LogP contribution in [0, 0.1) is 5.92 Å². The molecule has 0 aliphatic heterocycles. The molecule has 198 valence electrons. The molecule has 0 heterocycles. The second-order valence-corrected chi connectivity index (χ2v) is 7.87. The van der Waals surface area contributed by atoms with E-state index in [1.165, 1.54) is 13.8 Å². The monoisotopic (exact) mass is 523 g/mol. The molecule has 0 saturated carbocycles. The molecule has 2 atom stereocenters. The van der Waals surface area contributed by atoms with Crippen molar-refractivity contribution in [1.82, 2.24) is 0 Å². The molecular weight excluding hydrogens is 490 g/mol. The van der Waals surface area contributed by atoms with Crippen molar-refractivity contribution in [3.05, 3.63) is 71.8 Å². The summed E-state index contributed by atoms with van der Waals surface area (Å²) in [5.74, 6) is -2.39. The highest BCUT2D eigenvalue weighted by Gasteiger charge is 2.21. The minimum Gasteiger partial charge on any atom is -0.458 e. The van der Waals surface area contributed by atoms with E-state index in [1.54, 1.807) is 13.8 Å². The van der Waals surface area contributed by atoms with Crippen molar-refractivity contribution < 1.29 is 38.1 Å². The van der Waals surface area contributed by atoms with Crippen LogP contribution in [0.3, 0.4) is 0 Å². The topological polar surface area (TPSA) is 131 Å². The molecule has 10 heteroatoms. The van der Waals surface area contributed by atoms with Gasteiger partial charge in [-0.2, -0.15) is 0 Å². The van der Waals surface area contributed by atoms with Gasteiger partial charge < -0.3 is 24.7 Å². The van der Waals surface area contributed by atoms with Gasteiger partial charge in [-0.3, -0.25) is 9.59 Å². The maximum Gasteiger partial charge on any atom is 0.347 e. The van der Waals surface area contributed by atoms with Gasteiger partial charge >= 0.3 is 23.9 Å². The Balaban J connectivity index is 0.000000663. The standard InChI is InChI=1S/C13H17NO4.C13H16O4.ClH/c1-9(14)12(15)18-10(2)13(16)17-8-11-6-4-3-5-7-11;1-10(2)13(15)17-9-12(14)16-8-11-6-4-3-5-7-11;/h3-7,9-10H,8,14H2,1-2H3;3-7,10H,8-9H2,1-2H3;1H/t9-,10-;;/m0../s1. The van der Waals surface area contributed by atoms with E-state index in [9.17, 15) is 19.2 Å². The van der Waals surface area contributed by atoms with Gasteiger partial charge in [0.15, 0.2) is 12.7 Å². The smallest absolute Gasteiger partial charge is 0.347 e. The predicted octanol–water partition coefficient (Wildman–Crippen LogP) is 3.36. The number of rotatable bonds is 10. The highest BCUT2D eigenvalue weighted by molar-refractivity contribution is 5.85. The summed E-state index contributed by atoms with van der Waals surface area (Å²) in [7, 11) is 0. The van der Waals surface area contributed by atoms with Crippen LogP contribution >= 0.6 is 12.4 Å². The Morgan fingerprint density at radius 3 is 1.61 bits per heavy atom. The first kappa shape index (κ1) is 32.6. The molecule has 0 bridgehead atoms. The number of carbonyl (C=O) groups excluding carboxylic acids is 4. The van der Waals surface area contributed by atoms with E-state index in [0.29, 0.717) is 0 Å². The van der Waals surface area contributed by atoms with E-state index in [0.717, 1.165) is 11.1 Å². The molecule has 0 unspecified atom stereocenters. The Labute approximate surface area is 217 Å². The molecule has 0 fully saturated rings. The average molecular weight is 524 g/mol. The SMILES string of the molecule is CC(C)C(=O)OCC(=O)OCc1ccccc1.C[C@H](N)C(=O)O[C@@H](C)C(=O)OCc1ccccc1.Cl. The molecule has 36 heavy (non-hydrogen) atoms. The third-order valence-electron chi connectivity index (χ3n) is 4.27. The number of carbonyl (C=O) groups is 4. The second-order valence-electron chi connectivity index (χ2n) is 7.87. The largest absolute Gasteiger partial charge is 0.458 e. The summed E-state index contributed by atoms with van der Waals surface area (Å²) in [5, 5.41) is 0. The zero-order chi connectivity index (χ0) is 26.2. The maximum absolute atomic E-state index is 11.5. The quantitative estimate of drug-likeness (QED) is 0.367. The van der Waals surface area contributed by atoms with Crippen LogP contribution in [0.5, 0.6) is 0 Å². The number of benzene rings is 2. The van der Waals surface area contributed by atoms with Gasteiger partial charge in [-0.05, 0) is 25.0 Å². The van der Waals surface area contributed by atoms with Gasteiger partial charge in [0.1, 0.15) is 19.3 Å². The lowest BCUT2D eigenvalue weighted by Crippen LogP contribution is -2.34. The van der Waals surface area contributed by atoms with E-state index in [1.807, 2.05) is 60.7 Å². The third kappa shape index (κ3) is 14.1. The lowest BCUT2D eigenvalue weighted by Gasteiger charge is -2.14. The summed E-state index contributed by atoms with van der Waals surface area (Å²) < 4.78 is 19.5. The molecule has 0 spiro atoms. The Morgan fingerprint density at radius 1 is 0.694 bits per heavy atom. The van der Waals surface area contributed by atoms with Crippen LogP contribution in [0.15, 0.2) is 60.7 Å². The highest BCUT2D eigenvalue weighted by atomic mass is 35.5. The number of halogens is 1. The average Bonchev–Trinajstić information content (AvgIpc) is 2.85. The molecule has 0 amide bonds. The van der Waals surface area contributed by atoms with Crippen LogP contribution in [0.1, 0.15) is 38.8 Å². The fraction of sp³-hybridized carbons (Fsp3) is 0.385. The molecule has 2 aromatic rings. The first-order valence-corrected chi connectivity index (χ1v) is 11.1. The summed E-state index contributed by atoms with van der Waals surface area (Å²) in [4.78, 5) is 45.0. The van der Waals surface area contributed by atoms with Gasteiger partial charge in [-0.1, -0.05) is 74.5 Å². The molecule has 2 rings (SSSR count). The van der Waals surface area contributed by atoms with Crippen LogP contribution in [-0.4, -0.2) is 42.6 Å². The molecule has 0 saturated heterocycles. The fourth-order valence-electron chi connectivity index (χ4n) is 2.25. The summed E-state index contributed by atoms with van der Waals surface area (Å²) in [6, 6.07) is 17.8. The van der Waals surface area contributed by atoms with Gasteiger partial charge in [0.2, 0.25) is 0 Å². The van der Waals surface area contributed by atoms with Gasteiger partial charge in [0, 0.05) is 0 Å². The zero-order valence-electron chi connectivity index (χ0n) is 20.9. The minimum atomic E-state index is -0.952. The molecular formula is C26H34ClNO8. The van der Waals surface area contributed by atoms with E-state index in [-0.39, 0.29) is 38.1 Å². The van der Waals surface area contributed by atoms with Crippen molar-refractivity contribution in [2.24, 2.45) is 11.7 Å². The van der Waals surface area contributed by atoms with Crippen molar-refractivity contribution in [3.63, 3.8) is 0 Å². The van der Waals surface area contributed by atoms with Gasteiger partial charge in [-0.25, -0.2) is 9.59 Å². The molecule has 9 nitrogen and oxygen atoms in total. The highest BCUT2D eigenvalue weighted by Crippen LogP contribution is 2.04. The minimum absolute atomic E-state index is 0. The molecule has 2 N–H and O–H groups in total. The predicted molar refractivity (Wildman–Crippen MR) is 135 cm³/mol. The zero-order valence-corrected chi connectivity index (χ0v) is 21.7. The number of nitrogens with two attached hydrogens (primary N) is 1. The normalized spacial score (nSPS) is 11.5. The van der Waals surface area contributed by atoms with Crippen LogP contribution in [0.4, 0.5) is 0 Å².